The first-order valence-corrected chi connectivity index (χ1v) is 7.78. The van der Waals surface area contributed by atoms with E-state index in [2.05, 4.69) is 36.1 Å². The summed E-state index contributed by atoms with van der Waals surface area (Å²) in [4.78, 5) is 9.05. The van der Waals surface area contributed by atoms with Crippen molar-refractivity contribution in [3.05, 3.63) is 34.7 Å². The minimum absolute atomic E-state index is 0.183. The van der Waals surface area contributed by atoms with Crippen LogP contribution in [0.5, 0.6) is 0 Å². The molecule has 0 saturated carbocycles. The van der Waals surface area contributed by atoms with Gasteiger partial charge in [0, 0.05) is 30.7 Å². The Kier molecular flexibility index (Phi) is 3.95. The molecule has 110 valence electrons. The molecule has 0 aliphatic heterocycles. The number of rotatable bonds is 4. The van der Waals surface area contributed by atoms with Gasteiger partial charge in [-0.1, -0.05) is 0 Å². The predicted molar refractivity (Wildman–Crippen MR) is 84.2 cm³/mol. The number of nitrogens with zero attached hydrogens (tertiary/aromatic N) is 6. The fourth-order valence-corrected chi connectivity index (χ4v) is 2.76. The zero-order valence-corrected chi connectivity index (χ0v) is 14.0. The van der Waals surface area contributed by atoms with Gasteiger partial charge in [0.2, 0.25) is 0 Å². The first-order chi connectivity index (χ1) is 10.1. The molecule has 3 aromatic heterocycles. The smallest absolute Gasteiger partial charge is 0.160 e. The molecule has 0 N–H and O–H groups in total. The first-order valence-electron chi connectivity index (χ1n) is 6.55. The van der Waals surface area contributed by atoms with Crippen molar-refractivity contribution in [2.75, 3.05) is 0 Å². The van der Waals surface area contributed by atoms with Crippen LogP contribution in [0.15, 0.2) is 23.1 Å². The number of aryl methyl sites for hydroxylation is 3. The number of imidazole rings is 1. The SMILES string of the molecule is CC(Cl)c1nc2cc(Br)cnc2n1CCc1nncn1C. The van der Waals surface area contributed by atoms with E-state index in [1.807, 2.05) is 29.2 Å². The standard InChI is InChI=1S/C13H14BrClN6/c1-8(15)12-18-10-5-9(14)6-16-13(10)21(12)4-3-11-19-17-7-20(11)2/h5-8H,3-4H2,1-2H3. The van der Waals surface area contributed by atoms with Gasteiger partial charge in [-0.25, -0.2) is 9.97 Å². The summed E-state index contributed by atoms with van der Waals surface area (Å²) in [5, 5.41) is 7.81. The van der Waals surface area contributed by atoms with E-state index < -0.39 is 0 Å². The van der Waals surface area contributed by atoms with Crippen LogP contribution in [0.2, 0.25) is 0 Å². The van der Waals surface area contributed by atoms with Crippen LogP contribution < -0.4 is 0 Å². The van der Waals surface area contributed by atoms with Gasteiger partial charge >= 0.3 is 0 Å². The van der Waals surface area contributed by atoms with Crippen molar-refractivity contribution in [3.8, 4) is 0 Å². The molecular formula is C13H14BrClN6. The summed E-state index contributed by atoms with van der Waals surface area (Å²) >= 11 is 9.67. The molecule has 1 atom stereocenters. The predicted octanol–water partition coefficient (Wildman–Crippen LogP) is 2.86. The van der Waals surface area contributed by atoms with E-state index in [4.69, 9.17) is 11.6 Å². The highest BCUT2D eigenvalue weighted by Gasteiger charge is 2.16. The van der Waals surface area contributed by atoms with Gasteiger partial charge in [0.25, 0.3) is 0 Å². The minimum atomic E-state index is -0.183. The highest BCUT2D eigenvalue weighted by molar-refractivity contribution is 9.10. The summed E-state index contributed by atoms with van der Waals surface area (Å²) in [5.41, 5.74) is 1.67. The molecule has 0 aromatic carbocycles. The summed E-state index contributed by atoms with van der Waals surface area (Å²) in [7, 11) is 1.93. The van der Waals surface area contributed by atoms with Crippen molar-refractivity contribution in [3.63, 3.8) is 0 Å². The van der Waals surface area contributed by atoms with Gasteiger partial charge in [-0.3, -0.25) is 0 Å². The monoisotopic (exact) mass is 368 g/mol. The summed E-state index contributed by atoms with van der Waals surface area (Å²) in [6, 6.07) is 1.95. The van der Waals surface area contributed by atoms with E-state index in [1.54, 1.807) is 12.5 Å². The Morgan fingerprint density at radius 3 is 2.90 bits per heavy atom. The second kappa shape index (κ2) is 5.73. The van der Waals surface area contributed by atoms with E-state index in [0.29, 0.717) is 6.54 Å². The zero-order valence-electron chi connectivity index (χ0n) is 11.7. The van der Waals surface area contributed by atoms with Crippen LogP contribution in [0.25, 0.3) is 11.2 Å². The second-order valence-corrected chi connectivity index (χ2v) is 6.41. The Balaban J connectivity index is 1.99. The largest absolute Gasteiger partial charge is 0.321 e. The van der Waals surface area contributed by atoms with Crippen LogP contribution in [-0.2, 0) is 20.0 Å². The molecule has 6 nitrogen and oxygen atoms in total. The lowest BCUT2D eigenvalue weighted by molar-refractivity contribution is 0.629. The molecule has 0 bridgehead atoms. The molecule has 0 amide bonds. The summed E-state index contributed by atoms with van der Waals surface area (Å²) < 4.78 is 4.86. The normalized spacial score (nSPS) is 13.0. The number of aromatic nitrogens is 6. The third kappa shape index (κ3) is 2.80. The minimum Gasteiger partial charge on any atom is -0.321 e. The number of alkyl halides is 1. The number of hydrogen-bond acceptors (Lipinski definition) is 4. The fourth-order valence-electron chi connectivity index (χ4n) is 2.27. The average Bonchev–Trinajstić information content (AvgIpc) is 2.99. The van der Waals surface area contributed by atoms with Gasteiger partial charge in [0.15, 0.2) is 5.65 Å². The van der Waals surface area contributed by atoms with Gasteiger partial charge in [0.1, 0.15) is 23.5 Å². The maximum Gasteiger partial charge on any atom is 0.160 e. The summed E-state index contributed by atoms with van der Waals surface area (Å²) in [5.74, 6) is 1.74. The van der Waals surface area contributed by atoms with Gasteiger partial charge in [-0.15, -0.1) is 21.8 Å². The third-order valence-electron chi connectivity index (χ3n) is 3.30. The molecule has 0 saturated heterocycles. The molecule has 0 fully saturated rings. The molecule has 3 rings (SSSR count). The van der Waals surface area contributed by atoms with E-state index in [1.165, 1.54) is 0 Å². The van der Waals surface area contributed by atoms with E-state index in [9.17, 15) is 0 Å². The Morgan fingerprint density at radius 1 is 1.43 bits per heavy atom. The number of halogens is 2. The van der Waals surface area contributed by atoms with Crippen molar-refractivity contribution in [1.29, 1.82) is 0 Å². The lowest BCUT2D eigenvalue weighted by Gasteiger charge is -2.09. The maximum atomic E-state index is 6.26. The molecular weight excluding hydrogens is 356 g/mol. The molecule has 0 aliphatic rings. The van der Waals surface area contributed by atoms with Crippen molar-refractivity contribution >= 4 is 38.7 Å². The quantitative estimate of drug-likeness (QED) is 0.664. The Bertz CT molecular complexity index is 778. The van der Waals surface area contributed by atoms with Crippen molar-refractivity contribution in [2.45, 2.75) is 25.3 Å². The van der Waals surface area contributed by atoms with Gasteiger partial charge in [0.05, 0.1) is 5.38 Å². The lowest BCUT2D eigenvalue weighted by Crippen LogP contribution is -2.10. The highest BCUT2D eigenvalue weighted by atomic mass is 79.9. The van der Waals surface area contributed by atoms with Crippen molar-refractivity contribution in [1.82, 2.24) is 29.3 Å². The average molecular weight is 370 g/mol. The van der Waals surface area contributed by atoms with Gasteiger partial charge in [-0.05, 0) is 28.9 Å². The van der Waals surface area contributed by atoms with Gasteiger partial charge < -0.3 is 9.13 Å². The first kappa shape index (κ1) is 14.5. The van der Waals surface area contributed by atoms with Crippen LogP contribution in [0.4, 0.5) is 0 Å². The van der Waals surface area contributed by atoms with Crippen LogP contribution in [0.3, 0.4) is 0 Å². The van der Waals surface area contributed by atoms with E-state index >= 15 is 0 Å². The molecule has 3 heterocycles. The molecule has 0 aliphatic carbocycles. The van der Waals surface area contributed by atoms with Crippen molar-refractivity contribution in [2.24, 2.45) is 7.05 Å². The molecule has 0 radical (unpaired) electrons. The topological polar surface area (TPSA) is 61.4 Å². The zero-order chi connectivity index (χ0) is 15.0. The second-order valence-electron chi connectivity index (χ2n) is 4.84. The van der Waals surface area contributed by atoms with Crippen LogP contribution in [0, 0.1) is 0 Å². The van der Waals surface area contributed by atoms with E-state index in [0.717, 1.165) is 33.7 Å². The number of pyridine rings is 1. The van der Waals surface area contributed by atoms with Gasteiger partial charge in [-0.2, -0.15) is 0 Å². The number of fused-ring (bicyclic) bond motifs is 1. The molecule has 8 heteroatoms. The molecule has 1 unspecified atom stereocenters. The van der Waals surface area contributed by atoms with Crippen molar-refractivity contribution < 1.29 is 0 Å². The summed E-state index contributed by atoms with van der Waals surface area (Å²) in [6.07, 6.45) is 4.21. The maximum absolute atomic E-state index is 6.26. The Hall–Kier alpha value is -1.47. The van der Waals surface area contributed by atoms with Crippen LogP contribution in [-0.4, -0.2) is 29.3 Å². The Morgan fingerprint density at radius 2 is 2.24 bits per heavy atom. The highest BCUT2D eigenvalue weighted by Crippen LogP contribution is 2.25. The third-order valence-corrected chi connectivity index (χ3v) is 3.93. The van der Waals surface area contributed by atoms with Crippen LogP contribution in [0.1, 0.15) is 23.9 Å². The molecule has 0 spiro atoms. The number of hydrogen-bond donors (Lipinski definition) is 0. The molecule has 21 heavy (non-hydrogen) atoms. The van der Waals surface area contributed by atoms with E-state index in [-0.39, 0.29) is 5.38 Å². The fraction of sp³-hybridized carbons (Fsp3) is 0.385. The lowest BCUT2D eigenvalue weighted by atomic mass is 10.3. The summed E-state index contributed by atoms with van der Waals surface area (Å²) in [6.45, 7) is 2.63. The Labute approximate surface area is 135 Å². The van der Waals surface area contributed by atoms with Crippen LogP contribution >= 0.6 is 27.5 Å². The molecule has 3 aromatic rings.